The van der Waals surface area contributed by atoms with Crippen molar-refractivity contribution in [3.8, 4) is 22.4 Å². The van der Waals surface area contributed by atoms with Crippen molar-refractivity contribution in [3.63, 3.8) is 0 Å². The Morgan fingerprint density at radius 1 is 0.513 bits per heavy atom. The van der Waals surface area contributed by atoms with Crippen molar-refractivity contribution in [2.24, 2.45) is 7.05 Å². The number of rotatable bonds is 2. The molecule has 2 heterocycles. The highest BCUT2D eigenvalue weighted by Crippen LogP contribution is 2.43. The fourth-order valence-electron chi connectivity index (χ4n) is 6.29. The molecule has 0 aliphatic rings. The van der Waals surface area contributed by atoms with Gasteiger partial charge in [-0.3, -0.25) is 0 Å². The summed E-state index contributed by atoms with van der Waals surface area (Å²) in [5.41, 5.74) is 7.68. The number of hydrogen-bond donors (Lipinski definition) is 0. The normalized spacial score (nSPS) is 11.8. The Hall–Kier alpha value is -4.95. The standard InChI is InChI=1S/C37H26NO/c1-23-17-18-31-29-14-9-15-30(36(29)39-37(31)35(23)34-16-7-8-19-38(34)2)33-22-26-20-24-10-3-4-11-25(24)21-32(26)27-12-5-6-13-28(27)33/h3-22H,1-2H3/q+1. The van der Waals surface area contributed by atoms with Crippen LogP contribution in [-0.2, 0) is 7.05 Å². The van der Waals surface area contributed by atoms with E-state index in [1.54, 1.807) is 0 Å². The third-order valence-corrected chi connectivity index (χ3v) is 8.20. The zero-order valence-corrected chi connectivity index (χ0v) is 21.9. The first-order chi connectivity index (χ1) is 19.2. The van der Waals surface area contributed by atoms with Gasteiger partial charge in [-0.05, 0) is 74.6 Å². The molecule has 0 fully saturated rings. The van der Waals surface area contributed by atoms with E-state index in [-0.39, 0.29) is 0 Å². The number of para-hydroxylation sites is 1. The summed E-state index contributed by atoms with van der Waals surface area (Å²) in [6.45, 7) is 2.16. The van der Waals surface area contributed by atoms with Crippen molar-refractivity contribution >= 4 is 54.3 Å². The van der Waals surface area contributed by atoms with Gasteiger partial charge in [0.2, 0.25) is 5.69 Å². The molecule has 0 aliphatic carbocycles. The Morgan fingerprint density at radius 3 is 2.08 bits per heavy atom. The summed E-state index contributed by atoms with van der Waals surface area (Å²) >= 11 is 0. The average Bonchev–Trinajstić information content (AvgIpc) is 3.35. The van der Waals surface area contributed by atoms with Crippen LogP contribution in [0.25, 0.3) is 76.6 Å². The Balaban J connectivity index is 1.48. The predicted octanol–water partition coefficient (Wildman–Crippen LogP) is 9.51. The van der Waals surface area contributed by atoms with Gasteiger partial charge < -0.3 is 4.42 Å². The largest absolute Gasteiger partial charge is 0.454 e. The van der Waals surface area contributed by atoms with E-state index < -0.39 is 0 Å². The zero-order chi connectivity index (χ0) is 26.1. The average molecular weight is 501 g/mol. The molecule has 0 saturated carbocycles. The molecule has 6 aromatic carbocycles. The van der Waals surface area contributed by atoms with Gasteiger partial charge in [0.25, 0.3) is 0 Å². The van der Waals surface area contributed by atoms with E-state index in [4.69, 9.17) is 4.42 Å². The lowest BCUT2D eigenvalue weighted by Crippen LogP contribution is -2.30. The summed E-state index contributed by atoms with van der Waals surface area (Å²) in [7, 11) is 2.09. The molecule has 0 aliphatic heterocycles. The van der Waals surface area contributed by atoms with Gasteiger partial charge in [-0.15, -0.1) is 0 Å². The first-order valence-corrected chi connectivity index (χ1v) is 13.4. The molecular weight excluding hydrogens is 474 g/mol. The lowest BCUT2D eigenvalue weighted by atomic mass is 9.91. The Morgan fingerprint density at radius 2 is 1.23 bits per heavy atom. The van der Waals surface area contributed by atoms with Crippen molar-refractivity contribution in [2.45, 2.75) is 6.92 Å². The van der Waals surface area contributed by atoms with Crippen LogP contribution in [-0.4, -0.2) is 0 Å². The fourth-order valence-corrected chi connectivity index (χ4v) is 6.29. The van der Waals surface area contributed by atoms with Crippen LogP contribution < -0.4 is 4.57 Å². The number of benzene rings is 6. The smallest absolute Gasteiger partial charge is 0.216 e. The van der Waals surface area contributed by atoms with Crippen LogP contribution in [0.4, 0.5) is 0 Å². The number of aromatic nitrogens is 1. The van der Waals surface area contributed by atoms with E-state index in [1.165, 1.54) is 43.4 Å². The van der Waals surface area contributed by atoms with E-state index >= 15 is 0 Å². The van der Waals surface area contributed by atoms with Crippen LogP contribution in [0.5, 0.6) is 0 Å². The highest BCUT2D eigenvalue weighted by atomic mass is 16.3. The highest BCUT2D eigenvalue weighted by molar-refractivity contribution is 6.20. The molecule has 8 rings (SSSR count). The highest BCUT2D eigenvalue weighted by Gasteiger charge is 2.22. The zero-order valence-electron chi connectivity index (χ0n) is 21.9. The van der Waals surface area contributed by atoms with Gasteiger partial charge in [0, 0.05) is 28.5 Å². The van der Waals surface area contributed by atoms with Gasteiger partial charge in [0.1, 0.15) is 18.2 Å². The second-order valence-electron chi connectivity index (χ2n) is 10.5. The Kier molecular flexibility index (Phi) is 4.68. The van der Waals surface area contributed by atoms with Gasteiger partial charge >= 0.3 is 0 Å². The van der Waals surface area contributed by atoms with Gasteiger partial charge in [-0.1, -0.05) is 78.9 Å². The van der Waals surface area contributed by atoms with Crippen molar-refractivity contribution in [3.05, 3.63) is 127 Å². The van der Waals surface area contributed by atoms with E-state index in [0.717, 1.165) is 38.8 Å². The lowest BCUT2D eigenvalue weighted by molar-refractivity contribution is -0.660. The van der Waals surface area contributed by atoms with Gasteiger partial charge in [-0.25, -0.2) is 4.57 Å². The first-order valence-electron chi connectivity index (χ1n) is 13.4. The van der Waals surface area contributed by atoms with Crippen LogP contribution in [0.15, 0.2) is 126 Å². The summed E-state index contributed by atoms with van der Waals surface area (Å²) in [4.78, 5) is 0. The summed E-state index contributed by atoms with van der Waals surface area (Å²) in [5.74, 6) is 0. The molecule has 0 amide bonds. The van der Waals surface area contributed by atoms with Crippen molar-refractivity contribution in [1.82, 2.24) is 0 Å². The van der Waals surface area contributed by atoms with E-state index in [2.05, 4.69) is 140 Å². The second kappa shape index (κ2) is 8.28. The molecule has 0 atom stereocenters. The minimum atomic E-state index is 0.934. The van der Waals surface area contributed by atoms with E-state index in [9.17, 15) is 0 Å². The predicted molar refractivity (Wildman–Crippen MR) is 163 cm³/mol. The van der Waals surface area contributed by atoms with Crippen molar-refractivity contribution in [2.75, 3.05) is 0 Å². The van der Waals surface area contributed by atoms with Crippen LogP contribution >= 0.6 is 0 Å². The maximum absolute atomic E-state index is 6.88. The van der Waals surface area contributed by atoms with Crippen molar-refractivity contribution < 1.29 is 8.98 Å². The Bertz CT molecular complexity index is 2250. The molecule has 2 nitrogen and oxygen atoms in total. The third-order valence-electron chi connectivity index (χ3n) is 8.20. The molecule has 39 heavy (non-hydrogen) atoms. The molecule has 0 spiro atoms. The SMILES string of the molecule is Cc1ccc2c(oc3c(-c4cc5cc6ccccc6cc5c5ccccc45)cccc32)c1-c1cccc[n+]1C. The summed E-state index contributed by atoms with van der Waals surface area (Å²) in [6, 6.07) is 41.6. The number of nitrogens with zero attached hydrogens (tertiary/aromatic N) is 1. The number of hydrogen-bond acceptors (Lipinski definition) is 1. The molecule has 184 valence electrons. The number of pyridine rings is 1. The molecule has 0 bridgehead atoms. The molecule has 0 unspecified atom stereocenters. The molecule has 0 radical (unpaired) electrons. The molecule has 2 heteroatoms. The number of fused-ring (bicyclic) bond motifs is 7. The maximum atomic E-state index is 6.88. The summed E-state index contributed by atoms with van der Waals surface area (Å²) in [6.07, 6.45) is 2.09. The topological polar surface area (TPSA) is 17.0 Å². The van der Waals surface area contributed by atoms with E-state index in [0.29, 0.717) is 0 Å². The molecular formula is C37H26NO+. The lowest BCUT2D eigenvalue weighted by Gasteiger charge is -2.12. The van der Waals surface area contributed by atoms with Crippen LogP contribution in [0, 0.1) is 6.92 Å². The second-order valence-corrected chi connectivity index (χ2v) is 10.5. The van der Waals surface area contributed by atoms with Gasteiger partial charge in [0.15, 0.2) is 6.20 Å². The molecule has 0 N–H and O–H groups in total. The summed E-state index contributed by atoms with van der Waals surface area (Å²) < 4.78 is 9.04. The summed E-state index contributed by atoms with van der Waals surface area (Å²) in [5, 5.41) is 9.82. The van der Waals surface area contributed by atoms with Crippen LogP contribution in [0.1, 0.15) is 5.56 Å². The molecule has 2 aromatic heterocycles. The third kappa shape index (κ3) is 3.25. The number of furan rings is 1. The molecule has 0 saturated heterocycles. The van der Waals surface area contributed by atoms with Gasteiger partial charge in [0.05, 0.1) is 5.56 Å². The molecule has 8 aromatic rings. The maximum Gasteiger partial charge on any atom is 0.216 e. The van der Waals surface area contributed by atoms with E-state index in [1.807, 2.05) is 0 Å². The van der Waals surface area contributed by atoms with Crippen LogP contribution in [0.2, 0.25) is 0 Å². The monoisotopic (exact) mass is 500 g/mol. The number of aryl methyl sites for hydroxylation is 2. The minimum absolute atomic E-state index is 0.934. The minimum Gasteiger partial charge on any atom is -0.454 e. The van der Waals surface area contributed by atoms with Crippen molar-refractivity contribution in [1.29, 1.82) is 0 Å². The van der Waals surface area contributed by atoms with Crippen LogP contribution in [0.3, 0.4) is 0 Å². The first kappa shape index (κ1) is 22.1. The van der Waals surface area contributed by atoms with Gasteiger partial charge in [-0.2, -0.15) is 0 Å². The Labute approximate surface area is 226 Å². The quantitative estimate of drug-likeness (QED) is 0.131. The fraction of sp³-hybridized carbons (Fsp3) is 0.0541.